The van der Waals surface area contributed by atoms with Gasteiger partial charge in [0, 0.05) is 18.8 Å². The molecule has 1 fully saturated rings. The number of hydrogen-bond donors (Lipinski definition) is 0. The summed E-state index contributed by atoms with van der Waals surface area (Å²) in [7, 11) is 0. The summed E-state index contributed by atoms with van der Waals surface area (Å²) >= 11 is 0. The number of likely N-dealkylation sites (tertiary alicyclic amines) is 1. The summed E-state index contributed by atoms with van der Waals surface area (Å²) in [4.78, 5) is 19.5. The average molecular weight is 481 g/mol. The predicted octanol–water partition coefficient (Wildman–Crippen LogP) is 4.28. The minimum absolute atomic E-state index is 0.0209. The van der Waals surface area contributed by atoms with Crippen LogP contribution in [0.15, 0.2) is 42.9 Å². The molecule has 7 nitrogen and oxygen atoms in total. The smallest absolute Gasteiger partial charge is 0.417 e. The topological polar surface area (TPSA) is 73.1 Å². The van der Waals surface area contributed by atoms with Crippen LogP contribution in [0.25, 0.3) is 5.69 Å². The number of aromatic nitrogens is 4. The van der Waals surface area contributed by atoms with Gasteiger partial charge in [0.1, 0.15) is 12.3 Å². The van der Waals surface area contributed by atoms with Crippen LogP contribution in [0.4, 0.5) is 22.0 Å². The Labute approximate surface area is 191 Å². The second-order valence-electron chi connectivity index (χ2n) is 7.96. The van der Waals surface area contributed by atoms with Crippen molar-refractivity contribution in [3.05, 3.63) is 65.6 Å². The zero-order valence-corrected chi connectivity index (χ0v) is 18.0. The lowest BCUT2D eigenvalue weighted by Gasteiger charge is -2.40. The number of alkyl halides is 3. The Morgan fingerprint density at radius 2 is 1.88 bits per heavy atom. The Morgan fingerprint density at radius 1 is 1.15 bits per heavy atom. The molecule has 1 saturated heterocycles. The molecular weight excluding hydrogens is 461 g/mol. The number of hydrogen-bond acceptors (Lipinski definition) is 5. The molecule has 1 aromatic carbocycles. The molecule has 1 amide bonds. The Hall–Kier alpha value is -3.57. The van der Waals surface area contributed by atoms with Gasteiger partial charge in [0.2, 0.25) is 5.88 Å². The first kappa shape index (κ1) is 23.6. The molecule has 0 spiro atoms. The fourth-order valence-corrected chi connectivity index (χ4v) is 3.95. The Morgan fingerprint density at radius 3 is 2.53 bits per heavy atom. The van der Waals surface area contributed by atoms with E-state index in [4.69, 9.17) is 4.74 Å². The first-order chi connectivity index (χ1) is 16.2. The maximum atomic E-state index is 14.7. The molecule has 2 atom stereocenters. The van der Waals surface area contributed by atoms with E-state index in [0.717, 1.165) is 29.4 Å². The fourth-order valence-electron chi connectivity index (χ4n) is 3.95. The second-order valence-corrected chi connectivity index (χ2v) is 7.96. The molecule has 180 valence electrons. The summed E-state index contributed by atoms with van der Waals surface area (Å²) in [5, 5.41) is 7.65. The van der Waals surface area contributed by atoms with Crippen molar-refractivity contribution in [2.75, 3.05) is 13.2 Å². The van der Waals surface area contributed by atoms with E-state index in [1.807, 2.05) is 6.92 Å². The zero-order chi connectivity index (χ0) is 24.5. The standard InChI is InChI=1S/C22H20F5N5O2/c1-13-3-2-10-31(17(13)12-34-18-7-4-14(11-28-18)22(25,26)27)21(33)15-5-6-16(23)19(24)20(15)32-29-8-9-30-32/h4-9,11,13,17H,2-3,10,12H2,1H3/t13-,17-/m1/s1. The monoisotopic (exact) mass is 481 g/mol. The average Bonchev–Trinajstić information content (AvgIpc) is 3.33. The number of pyridine rings is 1. The van der Waals surface area contributed by atoms with Gasteiger partial charge < -0.3 is 9.64 Å². The third kappa shape index (κ3) is 4.70. The van der Waals surface area contributed by atoms with Gasteiger partial charge in [-0.25, -0.2) is 13.8 Å². The second kappa shape index (κ2) is 9.35. The third-order valence-corrected chi connectivity index (χ3v) is 5.76. The zero-order valence-electron chi connectivity index (χ0n) is 18.0. The van der Waals surface area contributed by atoms with E-state index < -0.39 is 41.0 Å². The van der Waals surface area contributed by atoms with Crippen molar-refractivity contribution in [2.24, 2.45) is 5.92 Å². The molecule has 0 radical (unpaired) electrons. The first-order valence-corrected chi connectivity index (χ1v) is 10.5. The molecule has 0 bridgehead atoms. The van der Waals surface area contributed by atoms with Crippen LogP contribution in [0.3, 0.4) is 0 Å². The highest BCUT2D eigenvalue weighted by Crippen LogP contribution is 2.31. The van der Waals surface area contributed by atoms with E-state index in [1.165, 1.54) is 23.4 Å². The summed E-state index contributed by atoms with van der Waals surface area (Å²) in [6.45, 7) is 2.21. The minimum Gasteiger partial charge on any atom is -0.475 e. The molecule has 3 aromatic rings. The summed E-state index contributed by atoms with van der Waals surface area (Å²) < 4.78 is 72.5. The molecule has 12 heteroatoms. The highest BCUT2D eigenvalue weighted by molar-refractivity contribution is 5.98. The number of ether oxygens (including phenoxy) is 1. The highest BCUT2D eigenvalue weighted by Gasteiger charge is 2.35. The molecule has 3 heterocycles. The lowest BCUT2D eigenvalue weighted by molar-refractivity contribution is -0.137. The van der Waals surface area contributed by atoms with Crippen LogP contribution >= 0.6 is 0 Å². The molecule has 4 rings (SSSR count). The Kier molecular flexibility index (Phi) is 6.49. The number of piperidine rings is 1. The number of benzene rings is 1. The number of carbonyl (C=O) groups is 1. The molecule has 0 unspecified atom stereocenters. The van der Waals surface area contributed by atoms with Gasteiger partial charge in [-0.3, -0.25) is 4.79 Å². The van der Waals surface area contributed by atoms with Gasteiger partial charge in [0.15, 0.2) is 11.6 Å². The number of nitrogens with zero attached hydrogens (tertiary/aromatic N) is 5. The van der Waals surface area contributed by atoms with Gasteiger partial charge in [-0.15, -0.1) is 4.80 Å². The van der Waals surface area contributed by atoms with Crippen LogP contribution in [0.2, 0.25) is 0 Å². The number of amides is 1. The van der Waals surface area contributed by atoms with Crippen LogP contribution < -0.4 is 4.74 Å². The molecule has 0 aliphatic carbocycles. The Balaban J connectivity index is 1.58. The molecule has 34 heavy (non-hydrogen) atoms. The molecule has 0 N–H and O–H groups in total. The SMILES string of the molecule is C[C@@H]1CCCN(C(=O)c2ccc(F)c(F)c2-n2nccn2)[C@@H]1COc1ccc(C(F)(F)F)cn1. The van der Waals surface area contributed by atoms with Crippen LogP contribution in [-0.2, 0) is 6.18 Å². The minimum atomic E-state index is -4.52. The summed E-state index contributed by atoms with van der Waals surface area (Å²) in [6.07, 6.45) is 0.167. The molecule has 1 aliphatic rings. The lowest BCUT2D eigenvalue weighted by atomic mass is 9.90. The van der Waals surface area contributed by atoms with Crippen molar-refractivity contribution in [2.45, 2.75) is 32.0 Å². The lowest BCUT2D eigenvalue weighted by Crippen LogP contribution is -2.51. The molecular formula is C22H20F5N5O2. The molecule has 2 aromatic heterocycles. The van der Waals surface area contributed by atoms with Crippen molar-refractivity contribution >= 4 is 5.91 Å². The van der Waals surface area contributed by atoms with Gasteiger partial charge in [-0.05, 0) is 37.0 Å². The van der Waals surface area contributed by atoms with E-state index in [0.29, 0.717) is 19.2 Å². The van der Waals surface area contributed by atoms with Gasteiger partial charge in [-0.1, -0.05) is 6.92 Å². The molecule has 0 saturated carbocycles. The van der Waals surface area contributed by atoms with E-state index in [9.17, 15) is 26.7 Å². The van der Waals surface area contributed by atoms with E-state index in [2.05, 4.69) is 15.2 Å². The van der Waals surface area contributed by atoms with Crippen LogP contribution in [0, 0.1) is 17.6 Å². The highest BCUT2D eigenvalue weighted by atomic mass is 19.4. The van der Waals surface area contributed by atoms with Crippen molar-refractivity contribution in [1.82, 2.24) is 24.9 Å². The number of rotatable bonds is 5. The fraction of sp³-hybridized carbons (Fsp3) is 0.364. The van der Waals surface area contributed by atoms with E-state index in [-0.39, 0.29) is 24.0 Å². The summed E-state index contributed by atoms with van der Waals surface area (Å²) in [6, 6.07) is 3.53. The maximum absolute atomic E-state index is 14.7. The van der Waals surface area contributed by atoms with Gasteiger partial charge in [-0.2, -0.15) is 23.4 Å². The van der Waals surface area contributed by atoms with E-state index >= 15 is 0 Å². The van der Waals surface area contributed by atoms with Crippen molar-refractivity contribution in [3.63, 3.8) is 0 Å². The maximum Gasteiger partial charge on any atom is 0.417 e. The molecule has 1 aliphatic heterocycles. The van der Waals surface area contributed by atoms with Crippen LogP contribution in [0.5, 0.6) is 5.88 Å². The summed E-state index contributed by atoms with van der Waals surface area (Å²) in [5.41, 5.74) is -1.43. The van der Waals surface area contributed by atoms with E-state index in [1.54, 1.807) is 0 Å². The number of halogens is 5. The van der Waals surface area contributed by atoms with Crippen molar-refractivity contribution < 1.29 is 31.5 Å². The van der Waals surface area contributed by atoms with Gasteiger partial charge in [0.05, 0.1) is 29.6 Å². The Bertz CT molecular complexity index is 1150. The quantitative estimate of drug-likeness (QED) is 0.509. The van der Waals surface area contributed by atoms with Crippen molar-refractivity contribution in [3.8, 4) is 11.6 Å². The van der Waals surface area contributed by atoms with Crippen LogP contribution in [0.1, 0.15) is 35.7 Å². The van der Waals surface area contributed by atoms with Crippen LogP contribution in [-0.4, -0.2) is 50.0 Å². The summed E-state index contributed by atoms with van der Waals surface area (Å²) in [5.74, 6) is -3.01. The largest absolute Gasteiger partial charge is 0.475 e. The van der Waals surface area contributed by atoms with Crippen molar-refractivity contribution in [1.29, 1.82) is 0 Å². The number of carbonyl (C=O) groups excluding carboxylic acids is 1. The normalized spacial score (nSPS) is 18.7. The predicted molar refractivity (Wildman–Crippen MR) is 109 cm³/mol. The third-order valence-electron chi connectivity index (χ3n) is 5.76. The first-order valence-electron chi connectivity index (χ1n) is 10.5. The van der Waals surface area contributed by atoms with Gasteiger partial charge in [0.25, 0.3) is 5.91 Å². The van der Waals surface area contributed by atoms with Gasteiger partial charge >= 0.3 is 6.18 Å².